The van der Waals surface area contributed by atoms with E-state index in [-0.39, 0.29) is 6.04 Å². The quantitative estimate of drug-likeness (QED) is 0.841. The van der Waals surface area contributed by atoms with E-state index >= 15 is 0 Å². The van der Waals surface area contributed by atoms with Gasteiger partial charge in [-0.05, 0) is 25.3 Å². The van der Waals surface area contributed by atoms with Gasteiger partial charge in [0, 0.05) is 12.6 Å². The lowest BCUT2D eigenvalue weighted by atomic mass is 10.0. The molecule has 1 aromatic carbocycles. The molecular weight excluding hydrogens is 226 g/mol. The van der Waals surface area contributed by atoms with Crippen molar-refractivity contribution in [3.63, 3.8) is 0 Å². The van der Waals surface area contributed by atoms with Gasteiger partial charge in [-0.3, -0.25) is 9.69 Å². The summed E-state index contributed by atoms with van der Waals surface area (Å²) in [6.07, 6.45) is 0. The first-order valence-electron chi connectivity index (χ1n) is 6.47. The third-order valence-corrected chi connectivity index (χ3v) is 2.92. The highest BCUT2D eigenvalue weighted by atomic mass is 16.4. The number of rotatable bonds is 6. The maximum Gasteiger partial charge on any atom is 0.325 e. The monoisotopic (exact) mass is 249 g/mol. The van der Waals surface area contributed by atoms with Gasteiger partial charge in [0.15, 0.2) is 0 Å². The number of hydrogen-bond donors (Lipinski definition) is 1. The average Bonchev–Trinajstić information content (AvgIpc) is 2.28. The summed E-state index contributed by atoms with van der Waals surface area (Å²) in [7, 11) is 0. The zero-order chi connectivity index (χ0) is 13.7. The van der Waals surface area contributed by atoms with Crippen molar-refractivity contribution in [1.82, 2.24) is 4.90 Å². The van der Waals surface area contributed by atoms with Crippen LogP contribution in [0.2, 0.25) is 0 Å². The van der Waals surface area contributed by atoms with Gasteiger partial charge < -0.3 is 5.11 Å². The highest BCUT2D eigenvalue weighted by Crippen LogP contribution is 2.24. The predicted molar refractivity (Wildman–Crippen MR) is 73.5 cm³/mol. The van der Waals surface area contributed by atoms with Crippen molar-refractivity contribution in [3.05, 3.63) is 35.9 Å². The molecule has 18 heavy (non-hydrogen) atoms. The molecule has 0 radical (unpaired) electrons. The number of aliphatic carboxylic acids is 1. The van der Waals surface area contributed by atoms with Crippen molar-refractivity contribution in [2.45, 2.75) is 39.8 Å². The number of benzene rings is 1. The lowest BCUT2D eigenvalue weighted by Crippen LogP contribution is -2.41. The van der Waals surface area contributed by atoms with Crippen molar-refractivity contribution in [2.75, 3.05) is 6.54 Å². The Morgan fingerprint density at radius 1 is 1.17 bits per heavy atom. The molecule has 0 amide bonds. The van der Waals surface area contributed by atoms with Gasteiger partial charge in [-0.25, -0.2) is 0 Å². The Labute approximate surface area is 109 Å². The minimum atomic E-state index is -0.782. The van der Waals surface area contributed by atoms with Gasteiger partial charge in [-0.2, -0.15) is 0 Å². The Morgan fingerprint density at radius 3 is 2.11 bits per heavy atom. The van der Waals surface area contributed by atoms with Gasteiger partial charge in [0.1, 0.15) is 6.04 Å². The van der Waals surface area contributed by atoms with Crippen LogP contribution in [0.25, 0.3) is 0 Å². The predicted octanol–water partition coefficient (Wildman–Crippen LogP) is 3.18. The minimum Gasteiger partial charge on any atom is -0.480 e. The van der Waals surface area contributed by atoms with Gasteiger partial charge in [0.25, 0.3) is 0 Å². The van der Waals surface area contributed by atoms with E-state index in [1.807, 2.05) is 49.1 Å². The SMILES string of the molecule is CC(C)CN(C(C)C)C(C(=O)O)c1ccccc1. The van der Waals surface area contributed by atoms with Crippen molar-refractivity contribution in [2.24, 2.45) is 5.92 Å². The van der Waals surface area contributed by atoms with Crippen LogP contribution in [-0.4, -0.2) is 28.6 Å². The van der Waals surface area contributed by atoms with Gasteiger partial charge in [-0.1, -0.05) is 44.2 Å². The Morgan fingerprint density at radius 2 is 1.72 bits per heavy atom. The van der Waals surface area contributed by atoms with Crippen LogP contribution in [0.4, 0.5) is 0 Å². The second-order valence-electron chi connectivity index (χ2n) is 5.34. The maximum atomic E-state index is 11.6. The first-order chi connectivity index (χ1) is 8.43. The molecule has 1 aromatic rings. The Balaban J connectivity index is 3.05. The Bertz CT molecular complexity index is 373. The zero-order valence-corrected chi connectivity index (χ0v) is 11.6. The standard InChI is InChI=1S/C15H23NO2/c1-11(2)10-16(12(3)4)14(15(17)18)13-8-6-5-7-9-13/h5-9,11-12,14H,10H2,1-4H3,(H,17,18). The molecule has 0 aliphatic heterocycles. The molecular formula is C15H23NO2. The molecule has 3 nitrogen and oxygen atoms in total. The highest BCUT2D eigenvalue weighted by Gasteiger charge is 2.29. The zero-order valence-electron chi connectivity index (χ0n) is 11.6. The van der Waals surface area contributed by atoms with Gasteiger partial charge in [0.2, 0.25) is 0 Å². The van der Waals surface area contributed by atoms with E-state index in [4.69, 9.17) is 0 Å². The number of carboxylic acid groups (broad SMARTS) is 1. The number of carbonyl (C=O) groups is 1. The molecule has 100 valence electrons. The van der Waals surface area contributed by atoms with E-state index in [0.29, 0.717) is 5.92 Å². The molecule has 0 bridgehead atoms. The molecule has 0 aromatic heterocycles. The lowest BCUT2D eigenvalue weighted by molar-refractivity contribution is -0.144. The first-order valence-corrected chi connectivity index (χ1v) is 6.47. The van der Waals surface area contributed by atoms with Crippen molar-refractivity contribution < 1.29 is 9.90 Å². The van der Waals surface area contributed by atoms with Crippen LogP contribution >= 0.6 is 0 Å². The number of carboxylic acids is 1. The highest BCUT2D eigenvalue weighted by molar-refractivity contribution is 5.75. The molecule has 1 rings (SSSR count). The van der Waals surface area contributed by atoms with Crippen molar-refractivity contribution in [3.8, 4) is 0 Å². The molecule has 1 N–H and O–H groups in total. The largest absolute Gasteiger partial charge is 0.480 e. The Hall–Kier alpha value is -1.35. The van der Waals surface area contributed by atoms with Crippen LogP contribution in [0.1, 0.15) is 39.3 Å². The summed E-state index contributed by atoms with van der Waals surface area (Å²) >= 11 is 0. The summed E-state index contributed by atoms with van der Waals surface area (Å²) in [4.78, 5) is 13.6. The maximum absolute atomic E-state index is 11.6. The van der Waals surface area contributed by atoms with E-state index in [1.165, 1.54) is 0 Å². The third-order valence-electron chi connectivity index (χ3n) is 2.92. The average molecular weight is 249 g/mol. The smallest absolute Gasteiger partial charge is 0.325 e. The minimum absolute atomic E-state index is 0.203. The van der Waals surface area contributed by atoms with E-state index in [9.17, 15) is 9.90 Å². The topological polar surface area (TPSA) is 40.5 Å². The van der Waals surface area contributed by atoms with Crippen LogP contribution in [0, 0.1) is 5.92 Å². The lowest BCUT2D eigenvalue weighted by Gasteiger charge is -2.33. The van der Waals surface area contributed by atoms with Gasteiger partial charge in [0.05, 0.1) is 0 Å². The summed E-state index contributed by atoms with van der Waals surface area (Å²) < 4.78 is 0. The van der Waals surface area contributed by atoms with E-state index < -0.39 is 12.0 Å². The fraction of sp³-hybridized carbons (Fsp3) is 0.533. The Kier molecular flexibility index (Phi) is 5.35. The first kappa shape index (κ1) is 14.7. The summed E-state index contributed by atoms with van der Waals surface area (Å²) in [6.45, 7) is 9.09. The van der Waals surface area contributed by atoms with E-state index in [2.05, 4.69) is 13.8 Å². The molecule has 0 heterocycles. The molecule has 3 heteroatoms. The second-order valence-corrected chi connectivity index (χ2v) is 5.34. The normalized spacial score (nSPS) is 13.3. The fourth-order valence-corrected chi connectivity index (χ4v) is 2.15. The van der Waals surface area contributed by atoms with E-state index in [1.54, 1.807) is 0 Å². The van der Waals surface area contributed by atoms with Crippen LogP contribution in [0.15, 0.2) is 30.3 Å². The molecule has 0 aliphatic carbocycles. The summed E-state index contributed by atoms with van der Waals surface area (Å²) in [6, 6.07) is 9.09. The molecule has 0 spiro atoms. The van der Waals surface area contributed by atoms with Crippen LogP contribution in [-0.2, 0) is 4.79 Å². The molecule has 0 saturated heterocycles. The number of nitrogens with zero attached hydrogens (tertiary/aromatic N) is 1. The van der Waals surface area contributed by atoms with Crippen LogP contribution < -0.4 is 0 Å². The second kappa shape index (κ2) is 6.55. The molecule has 0 saturated carbocycles. The summed E-state index contributed by atoms with van der Waals surface area (Å²) in [5, 5.41) is 9.52. The molecule has 0 fully saturated rings. The molecule has 0 aliphatic rings. The van der Waals surface area contributed by atoms with Gasteiger partial charge >= 0.3 is 5.97 Å². The summed E-state index contributed by atoms with van der Waals surface area (Å²) in [5.41, 5.74) is 0.847. The molecule has 1 unspecified atom stereocenters. The fourth-order valence-electron chi connectivity index (χ4n) is 2.15. The van der Waals surface area contributed by atoms with Crippen LogP contribution in [0.5, 0.6) is 0 Å². The third kappa shape index (κ3) is 3.84. The van der Waals surface area contributed by atoms with Gasteiger partial charge in [-0.15, -0.1) is 0 Å². The van der Waals surface area contributed by atoms with Crippen molar-refractivity contribution >= 4 is 5.97 Å². The van der Waals surface area contributed by atoms with Crippen LogP contribution in [0.3, 0.4) is 0 Å². The summed E-state index contributed by atoms with van der Waals surface area (Å²) in [5.74, 6) is -0.339. The molecule has 1 atom stereocenters. The van der Waals surface area contributed by atoms with Crippen molar-refractivity contribution in [1.29, 1.82) is 0 Å². The number of hydrogen-bond acceptors (Lipinski definition) is 2. The van der Waals surface area contributed by atoms with E-state index in [0.717, 1.165) is 12.1 Å².